The predicted molar refractivity (Wildman–Crippen MR) is 74.7 cm³/mol. The third-order valence-electron chi connectivity index (χ3n) is 3.49. The number of H-pyrrole nitrogens is 1. The van der Waals surface area contributed by atoms with Crippen LogP contribution in [0.5, 0.6) is 0 Å². The minimum Gasteiger partial charge on any atom is -0.384 e. The Morgan fingerprint density at radius 1 is 1.29 bits per heavy atom. The number of alkyl halides is 3. The van der Waals surface area contributed by atoms with Gasteiger partial charge in [0.2, 0.25) is 0 Å². The van der Waals surface area contributed by atoms with Crippen LogP contribution in [0, 0.1) is 6.92 Å². The molecule has 0 aliphatic heterocycles. The van der Waals surface area contributed by atoms with Crippen molar-refractivity contribution in [2.24, 2.45) is 7.05 Å². The largest absolute Gasteiger partial charge is 0.417 e. The van der Waals surface area contributed by atoms with Gasteiger partial charge in [0.1, 0.15) is 5.82 Å². The maximum atomic E-state index is 13.2. The quantitative estimate of drug-likeness (QED) is 0.722. The molecule has 0 saturated carbocycles. The molecule has 0 aliphatic carbocycles. The van der Waals surface area contributed by atoms with Gasteiger partial charge in [0.05, 0.1) is 11.3 Å². The van der Waals surface area contributed by atoms with Crippen LogP contribution in [0.25, 0.3) is 22.2 Å². The lowest BCUT2D eigenvalue weighted by atomic mass is 10.0. The number of fused-ring (bicyclic) bond motifs is 1. The van der Waals surface area contributed by atoms with Crippen LogP contribution in [-0.2, 0) is 13.2 Å². The predicted octanol–water partition coefficient (Wildman–Crippen LogP) is 3.48. The zero-order chi connectivity index (χ0) is 15.4. The van der Waals surface area contributed by atoms with Gasteiger partial charge in [-0.25, -0.2) is 0 Å². The van der Waals surface area contributed by atoms with E-state index in [1.807, 2.05) is 0 Å². The van der Waals surface area contributed by atoms with Crippen LogP contribution in [0.3, 0.4) is 0 Å². The van der Waals surface area contributed by atoms with Crippen LogP contribution >= 0.6 is 0 Å². The second kappa shape index (κ2) is 4.28. The summed E-state index contributed by atoms with van der Waals surface area (Å²) in [5.41, 5.74) is 6.97. The SMILES string of the molecule is Cc1[nH]c2cccc(C(F)(F)F)c2c1-c1cc(N)n(C)n1. The Hall–Kier alpha value is -2.44. The van der Waals surface area contributed by atoms with Gasteiger partial charge >= 0.3 is 6.18 Å². The van der Waals surface area contributed by atoms with Crippen molar-refractivity contribution in [3.05, 3.63) is 35.5 Å². The molecule has 110 valence electrons. The number of nitrogens with one attached hydrogen (secondary N) is 1. The molecule has 21 heavy (non-hydrogen) atoms. The standard InChI is InChI=1S/C14H13F3N4/c1-7-12(10-6-11(18)21(2)20-10)13-8(14(15,16)17)4-3-5-9(13)19-7/h3-6,19H,18H2,1-2H3. The summed E-state index contributed by atoms with van der Waals surface area (Å²) in [5, 5.41) is 4.32. The Bertz CT molecular complexity index is 807. The molecule has 7 heteroatoms. The first-order valence-corrected chi connectivity index (χ1v) is 6.27. The molecule has 0 amide bonds. The molecule has 2 heterocycles. The number of benzene rings is 1. The van der Waals surface area contributed by atoms with E-state index in [2.05, 4.69) is 10.1 Å². The molecule has 1 aromatic carbocycles. The van der Waals surface area contributed by atoms with Gasteiger partial charge in [-0.3, -0.25) is 4.68 Å². The average Bonchev–Trinajstić information content (AvgIpc) is 2.87. The third-order valence-corrected chi connectivity index (χ3v) is 3.49. The fourth-order valence-corrected chi connectivity index (χ4v) is 2.54. The van der Waals surface area contributed by atoms with Crippen molar-refractivity contribution in [2.75, 3.05) is 5.73 Å². The summed E-state index contributed by atoms with van der Waals surface area (Å²) in [6.45, 7) is 1.72. The van der Waals surface area contributed by atoms with Crippen molar-refractivity contribution < 1.29 is 13.2 Å². The van der Waals surface area contributed by atoms with Gasteiger partial charge in [0, 0.05) is 35.3 Å². The van der Waals surface area contributed by atoms with E-state index >= 15 is 0 Å². The summed E-state index contributed by atoms with van der Waals surface area (Å²) in [5.74, 6) is 0.392. The molecule has 0 aliphatic rings. The molecule has 0 saturated heterocycles. The molecular formula is C14H13F3N4. The van der Waals surface area contributed by atoms with Gasteiger partial charge in [-0.2, -0.15) is 18.3 Å². The van der Waals surface area contributed by atoms with Crippen LogP contribution in [0.1, 0.15) is 11.3 Å². The number of aromatic amines is 1. The van der Waals surface area contributed by atoms with Crippen molar-refractivity contribution in [2.45, 2.75) is 13.1 Å². The van der Waals surface area contributed by atoms with Crippen molar-refractivity contribution in [1.82, 2.24) is 14.8 Å². The summed E-state index contributed by atoms with van der Waals surface area (Å²) in [6, 6.07) is 5.65. The molecule has 3 aromatic rings. The Balaban J connectivity index is 2.39. The zero-order valence-corrected chi connectivity index (χ0v) is 11.4. The maximum absolute atomic E-state index is 13.2. The van der Waals surface area contributed by atoms with E-state index < -0.39 is 11.7 Å². The maximum Gasteiger partial charge on any atom is 0.417 e. The fraction of sp³-hybridized carbons (Fsp3) is 0.214. The summed E-state index contributed by atoms with van der Waals surface area (Å²) in [4.78, 5) is 2.98. The number of nitrogens with zero attached hydrogens (tertiary/aromatic N) is 2. The van der Waals surface area contributed by atoms with Crippen molar-refractivity contribution in [1.29, 1.82) is 0 Å². The molecule has 3 rings (SSSR count). The van der Waals surface area contributed by atoms with Crippen molar-refractivity contribution in [3.8, 4) is 11.3 Å². The highest BCUT2D eigenvalue weighted by atomic mass is 19.4. The lowest BCUT2D eigenvalue weighted by Crippen LogP contribution is -2.05. The van der Waals surface area contributed by atoms with Gasteiger partial charge in [-0.05, 0) is 19.1 Å². The number of nitrogen functional groups attached to an aromatic ring is 1. The minimum absolute atomic E-state index is 0.126. The Labute approximate surface area is 118 Å². The number of anilines is 1. The normalized spacial score (nSPS) is 12.2. The molecule has 2 aromatic heterocycles. The molecule has 0 spiro atoms. The minimum atomic E-state index is -4.43. The molecule has 0 fully saturated rings. The van der Waals surface area contributed by atoms with Gasteiger partial charge < -0.3 is 10.7 Å². The van der Waals surface area contributed by atoms with E-state index in [9.17, 15) is 13.2 Å². The second-order valence-electron chi connectivity index (χ2n) is 4.93. The molecule has 0 bridgehead atoms. The Morgan fingerprint density at radius 3 is 2.57 bits per heavy atom. The number of hydrogen-bond acceptors (Lipinski definition) is 2. The van der Waals surface area contributed by atoms with E-state index in [-0.39, 0.29) is 5.39 Å². The number of halogens is 3. The number of aromatic nitrogens is 3. The van der Waals surface area contributed by atoms with E-state index in [1.54, 1.807) is 26.1 Å². The fourth-order valence-electron chi connectivity index (χ4n) is 2.54. The van der Waals surface area contributed by atoms with Crippen LogP contribution < -0.4 is 5.73 Å². The molecule has 0 atom stereocenters. The average molecular weight is 294 g/mol. The van der Waals surface area contributed by atoms with Crippen molar-refractivity contribution in [3.63, 3.8) is 0 Å². The van der Waals surface area contributed by atoms with Gasteiger partial charge in [-0.15, -0.1) is 0 Å². The first kappa shape index (κ1) is 13.5. The van der Waals surface area contributed by atoms with Crippen LogP contribution in [0.2, 0.25) is 0 Å². The first-order valence-electron chi connectivity index (χ1n) is 6.27. The van der Waals surface area contributed by atoms with Crippen molar-refractivity contribution >= 4 is 16.7 Å². The number of aryl methyl sites for hydroxylation is 2. The van der Waals surface area contributed by atoms with Gasteiger partial charge in [0.25, 0.3) is 0 Å². The smallest absolute Gasteiger partial charge is 0.384 e. The van der Waals surface area contributed by atoms with Gasteiger partial charge in [-0.1, -0.05) is 6.07 Å². The van der Waals surface area contributed by atoms with Gasteiger partial charge in [0.15, 0.2) is 0 Å². The van der Waals surface area contributed by atoms with Crippen LogP contribution in [0.15, 0.2) is 24.3 Å². The van der Waals surface area contributed by atoms with E-state index in [0.29, 0.717) is 28.3 Å². The monoisotopic (exact) mass is 294 g/mol. The molecular weight excluding hydrogens is 281 g/mol. The summed E-state index contributed by atoms with van der Waals surface area (Å²) >= 11 is 0. The van der Waals surface area contributed by atoms with E-state index in [4.69, 9.17) is 5.73 Å². The highest BCUT2D eigenvalue weighted by molar-refractivity contribution is 5.99. The number of nitrogens with two attached hydrogens (primary N) is 1. The van der Waals surface area contributed by atoms with Crippen LogP contribution in [-0.4, -0.2) is 14.8 Å². The summed E-state index contributed by atoms with van der Waals surface area (Å²) in [7, 11) is 1.65. The third kappa shape index (κ3) is 2.05. The second-order valence-corrected chi connectivity index (χ2v) is 4.93. The highest BCUT2D eigenvalue weighted by Crippen LogP contribution is 2.41. The highest BCUT2D eigenvalue weighted by Gasteiger charge is 2.34. The lowest BCUT2D eigenvalue weighted by molar-refractivity contribution is -0.136. The van der Waals surface area contributed by atoms with Crippen LogP contribution in [0.4, 0.5) is 19.0 Å². The molecule has 0 radical (unpaired) electrons. The lowest BCUT2D eigenvalue weighted by Gasteiger charge is -2.09. The topological polar surface area (TPSA) is 59.6 Å². The molecule has 0 unspecified atom stereocenters. The number of hydrogen-bond donors (Lipinski definition) is 2. The summed E-state index contributed by atoms with van der Waals surface area (Å²) in [6.07, 6.45) is -4.43. The molecule has 4 nitrogen and oxygen atoms in total. The summed E-state index contributed by atoms with van der Waals surface area (Å²) < 4.78 is 41.2. The first-order chi connectivity index (χ1) is 9.79. The van der Waals surface area contributed by atoms with E-state index in [1.165, 1.54) is 10.7 Å². The Morgan fingerprint density at radius 2 is 2.00 bits per heavy atom. The van der Waals surface area contributed by atoms with E-state index in [0.717, 1.165) is 6.07 Å². The molecule has 3 N–H and O–H groups in total. The number of rotatable bonds is 1. The Kier molecular flexibility index (Phi) is 2.76. The zero-order valence-electron chi connectivity index (χ0n) is 11.4.